The third-order valence-corrected chi connectivity index (χ3v) is 28.6. The second-order valence-electron chi connectivity index (χ2n) is 35.5. The van der Waals surface area contributed by atoms with Gasteiger partial charge in [-0.2, -0.15) is 0 Å². The smallest absolute Gasteiger partial charge is 0.326 e. The molecule has 119 heavy (non-hydrogen) atoms. The summed E-state index contributed by atoms with van der Waals surface area (Å²) >= 11 is 14.9. The zero-order valence-electron chi connectivity index (χ0n) is 68.6. The van der Waals surface area contributed by atoms with E-state index in [0.29, 0.717) is 6.42 Å². The summed E-state index contributed by atoms with van der Waals surface area (Å²) in [6, 6.07) is -10.5. The number of aliphatic hydroxyl groups excluding tert-OH is 9. The molecule has 6 aliphatic heterocycles. The normalized spacial score (nSPS) is 38.9. The standard InChI is InChI=1S/C80H129Cl2N11O25S/c1-7-8-9-10-11-12-13-14-23-119(112,113)87-22-21-86-34-45-51(96)31-44-59(68(45)101)43-25-38(15-18-50(43)95)60-75(106)93-64(78(109)91-62(44)79(110)111)66(99)40-17-20-53(47(82)27-40)116-55-29-41-28-54(70(55)117-56-30-42(35-94)67(100)69(102)71(56)118-58-33-80(5,84)72(103)37(4)114-58)115-52-19-16-39(26-46(52)81)65(98)63(92-73(104)48(85-6)24-36(2)3)77(108)88-49(32-57(83)97)74(105)89-61(41)76(107)90-60/h28-29,36-40,42-53,56,58-69,71-72,85-87,94-96,98-103H,7-27,30-35,84H2,1-6H3,(H2,83,97)(H,88,108)(H,89,105)(H,90,107)(H,91,109)(H,92,104)(H,93,106)(H,110,111)/t37-,38-,39-,40-,42+,43?,44?,45?,46+,47-,48+,49-,50+,51-,52+,53+,56+,58-,59?,60+,61+,62-,63+,64-,65+,66+,67+,68?,69-,71-,72+,80-/m0/s1. The molecule has 23 N–H and O–H groups in total. The quantitative estimate of drug-likeness (QED) is 0.0332. The van der Waals surface area contributed by atoms with Gasteiger partial charge in [0.2, 0.25) is 57.1 Å². The van der Waals surface area contributed by atoms with Crippen molar-refractivity contribution in [3.63, 3.8) is 0 Å². The average molecular weight is 1750 g/mol. The van der Waals surface area contributed by atoms with Crippen LogP contribution >= 0.6 is 23.2 Å². The fourth-order valence-electron chi connectivity index (χ4n) is 19.5. The van der Waals surface area contributed by atoms with Crippen molar-refractivity contribution in [2.45, 2.75) is 320 Å². The predicted octanol–water partition coefficient (Wildman–Crippen LogP) is -1.58. The largest absolute Gasteiger partial charge is 0.485 e. The van der Waals surface area contributed by atoms with Crippen LogP contribution in [-0.2, 0) is 57.9 Å². The van der Waals surface area contributed by atoms with Crippen molar-refractivity contribution in [2.24, 2.45) is 64.7 Å². The minimum absolute atomic E-state index is 0.0186. The molecule has 36 nitrogen and oxygen atoms in total. The van der Waals surface area contributed by atoms with Gasteiger partial charge in [0.1, 0.15) is 66.8 Å². The Labute approximate surface area is 704 Å². The molecule has 6 heterocycles. The minimum atomic E-state index is -3.69. The molecule has 0 aromatic heterocycles. The highest BCUT2D eigenvalue weighted by Crippen LogP contribution is 2.51. The van der Waals surface area contributed by atoms with Crippen molar-refractivity contribution in [1.29, 1.82) is 0 Å². The van der Waals surface area contributed by atoms with E-state index in [1.165, 1.54) is 19.2 Å². The fraction of sp³-hybridized carbons (Fsp3) is 0.825. The number of halogens is 2. The number of ether oxygens (including phenoxy) is 5. The second-order valence-corrected chi connectivity index (χ2v) is 38.5. The summed E-state index contributed by atoms with van der Waals surface area (Å²) in [6.45, 7) is 8.05. The summed E-state index contributed by atoms with van der Waals surface area (Å²) in [5.41, 5.74) is 10.9. The molecule has 5 saturated carbocycles. The first-order valence-electron chi connectivity index (χ1n) is 42.6. The van der Waals surface area contributed by atoms with Gasteiger partial charge in [0.05, 0.1) is 77.8 Å². The molecule has 0 radical (unpaired) electrons. The number of primary amides is 1. The Kier molecular flexibility index (Phi) is 34.0. The van der Waals surface area contributed by atoms with Crippen molar-refractivity contribution in [2.75, 3.05) is 39.0 Å². The van der Waals surface area contributed by atoms with Crippen LogP contribution in [0.3, 0.4) is 0 Å². The number of benzene rings is 1. The molecule has 2 saturated heterocycles. The molecule has 5 unspecified atom stereocenters. The van der Waals surface area contributed by atoms with Crippen LogP contribution in [0, 0.1) is 53.3 Å². The lowest BCUT2D eigenvalue weighted by Gasteiger charge is -2.51. The van der Waals surface area contributed by atoms with E-state index in [-0.39, 0.29) is 131 Å². The number of aliphatic hydroxyl groups is 9. The van der Waals surface area contributed by atoms with E-state index in [0.717, 1.165) is 44.9 Å². The Balaban J connectivity index is 1.09. The molecule has 5 aliphatic carbocycles. The van der Waals surface area contributed by atoms with Gasteiger partial charge in [-0.25, -0.2) is 17.9 Å². The van der Waals surface area contributed by atoms with E-state index in [4.69, 9.17) is 58.4 Å². The summed E-state index contributed by atoms with van der Waals surface area (Å²) in [6.07, 6.45) is -15.5. The van der Waals surface area contributed by atoms with Gasteiger partial charge in [0.25, 0.3) is 0 Å². The number of carboxylic acid groups (broad SMARTS) is 1. The van der Waals surface area contributed by atoms with Gasteiger partial charge in [-0.3, -0.25) is 33.6 Å². The lowest BCUT2D eigenvalue weighted by molar-refractivity contribution is -0.286. The number of alkyl halides is 2. The Hall–Kier alpha value is -5.69. The Morgan fingerprint density at radius 3 is 1.91 bits per heavy atom. The summed E-state index contributed by atoms with van der Waals surface area (Å²) in [7, 11) is -2.17. The second kappa shape index (κ2) is 42.3. The maximum atomic E-state index is 16.5. The number of carbonyl (C=O) groups excluding carboxylic acids is 7. The van der Waals surface area contributed by atoms with Crippen LogP contribution in [0.25, 0.3) is 0 Å². The molecule has 1 aromatic rings. The lowest BCUT2D eigenvalue weighted by Crippen LogP contribution is -2.66. The molecule has 1 aromatic carbocycles. The topological polar surface area (TPSA) is 579 Å². The molecular weight excluding hydrogens is 1620 g/mol. The van der Waals surface area contributed by atoms with E-state index in [1.807, 2.05) is 13.8 Å². The number of amides is 7. The molecule has 0 spiro atoms. The number of carbonyl (C=O) groups is 8. The Bertz CT molecular complexity index is 3750. The van der Waals surface area contributed by atoms with Crippen LogP contribution in [0.2, 0.25) is 0 Å². The van der Waals surface area contributed by atoms with Crippen LogP contribution in [0.5, 0.6) is 17.2 Å². The summed E-state index contributed by atoms with van der Waals surface area (Å²) in [4.78, 5) is 120. The first-order chi connectivity index (χ1) is 56.3. The number of likely N-dealkylation sites (N-methyl/N-ethyl adjacent to an activating group) is 1. The van der Waals surface area contributed by atoms with Gasteiger partial charge < -0.3 is 129 Å². The highest BCUT2D eigenvalue weighted by Gasteiger charge is 2.57. The van der Waals surface area contributed by atoms with E-state index in [9.17, 15) is 73.9 Å². The number of hydrogen-bond acceptors (Lipinski definition) is 27. The van der Waals surface area contributed by atoms with E-state index in [1.54, 1.807) is 13.8 Å². The predicted molar refractivity (Wildman–Crippen MR) is 431 cm³/mol. The molecule has 7 amide bonds. The molecule has 39 heteroatoms. The molecule has 11 aliphatic rings. The van der Waals surface area contributed by atoms with Crippen LogP contribution in [-0.4, -0.2) is 284 Å². The molecular formula is C80H129Cl2N11O25S. The van der Waals surface area contributed by atoms with Crippen LogP contribution in [0.15, 0.2) is 12.1 Å². The van der Waals surface area contributed by atoms with Gasteiger partial charge in [-0.15, -0.1) is 23.2 Å². The average Bonchev–Trinajstić information content (AvgIpc) is 0.755. The number of aliphatic carboxylic acids is 1. The van der Waals surface area contributed by atoms with Crippen LogP contribution in [0.1, 0.15) is 187 Å². The summed E-state index contributed by atoms with van der Waals surface area (Å²) in [5.74, 6) is -20.2. The third kappa shape index (κ3) is 23.7. The van der Waals surface area contributed by atoms with Crippen molar-refractivity contribution in [3.05, 3.63) is 17.7 Å². The van der Waals surface area contributed by atoms with Gasteiger partial charge in [-0.1, -0.05) is 65.7 Å². The Morgan fingerprint density at radius 1 is 0.697 bits per heavy atom. The monoisotopic (exact) mass is 1750 g/mol. The van der Waals surface area contributed by atoms with Crippen molar-refractivity contribution < 1.29 is 122 Å². The van der Waals surface area contributed by atoms with Crippen molar-refractivity contribution in [3.8, 4) is 17.2 Å². The number of fused-ring (bicyclic) bond motifs is 15. The molecule has 12 rings (SSSR count). The third-order valence-electron chi connectivity index (χ3n) is 26.2. The van der Waals surface area contributed by atoms with Gasteiger partial charge >= 0.3 is 5.97 Å². The van der Waals surface area contributed by atoms with Crippen LogP contribution < -0.4 is 72.9 Å². The van der Waals surface area contributed by atoms with Crippen molar-refractivity contribution >= 4 is 80.5 Å². The van der Waals surface area contributed by atoms with E-state index < -0.39 is 268 Å². The lowest BCUT2D eigenvalue weighted by atomic mass is 9.58. The molecule has 7 fully saturated rings. The van der Waals surface area contributed by atoms with Crippen LogP contribution in [0.4, 0.5) is 0 Å². The minimum Gasteiger partial charge on any atom is -0.485 e. The molecule has 32 atom stereocenters. The maximum Gasteiger partial charge on any atom is 0.326 e. The number of carboxylic acids is 1. The van der Waals surface area contributed by atoms with Gasteiger partial charge in [0, 0.05) is 50.0 Å². The maximum absolute atomic E-state index is 16.5. The zero-order valence-corrected chi connectivity index (χ0v) is 71.0. The summed E-state index contributed by atoms with van der Waals surface area (Å²) < 4.78 is 62.6. The van der Waals surface area contributed by atoms with E-state index in [2.05, 4.69) is 54.2 Å². The number of hydrogen-bond donors (Lipinski definition) is 21. The fourth-order valence-corrected chi connectivity index (χ4v) is 21.5. The number of nitrogens with one attached hydrogen (secondary N) is 9. The number of nitrogens with two attached hydrogens (primary N) is 2. The number of rotatable bonds is 28. The highest BCUT2D eigenvalue weighted by molar-refractivity contribution is 7.89. The Morgan fingerprint density at radius 2 is 1.31 bits per heavy atom. The molecule has 674 valence electrons. The SMILES string of the molecule is CCCCCCCCCCS(=O)(=O)NCCNCC1C(O)C2C3C[C@H](CC[C@H]3O)[C@H]3NC(=O)[C@@H]4NC(=O)[C@H](CC(N)=O)NC(=O)[C@H](NC(=O)[C@@H](CC(C)C)NC)[C@H](O)[C@H]5CC[C@@H](Oc6cc4cc(c6O[C@@H]4C[C@H](CO)[C@@H](O)[C@H](O)[C@H]4O[C@H]4C[C@](C)(N)[C@H](O)[C@H](C)O4)O[C@@H]4CC[C@@H](C[C@@H]4Cl)[C@@H](O)[C@H](NC3=O)C(=O)N[C@H](C(=O)O)C2C[C@@H]1O)[C@H](Cl)C5. The number of sulfonamides is 1. The van der Waals surface area contributed by atoms with Crippen molar-refractivity contribution in [1.82, 2.24) is 47.3 Å². The van der Waals surface area contributed by atoms with Gasteiger partial charge in [0.15, 0.2) is 17.8 Å². The first kappa shape index (κ1) is 95.5. The highest BCUT2D eigenvalue weighted by atomic mass is 35.5. The zero-order chi connectivity index (χ0) is 86.8. The summed E-state index contributed by atoms with van der Waals surface area (Å²) in [5, 5.41) is 139. The first-order valence-corrected chi connectivity index (χ1v) is 45.2. The molecule has 11 bridgehead atoms. The van der Waals surface area contributed by atoms with E-state index >= 15 is 24.0 Å². The van der Waals surface area contributed by atoms with Gasteiger partial charge in [-0.05, 0) is 163 Å². The number of unbranched alkanes of at least 4 members (excludes halogenated alkanes) is 7.